The molecule has 5 nitrogen and oxygen atoms in total. The molecule has 0 radical (unpaired) electrons. The molecule has 3 aromatic rings. The van der Waals surface area contributed by atoms with Crippen LogP contribution < -0.4 is 5.43 Å². The second-order valence-corrected chi connectivity index (χ2v) is 8.79. The number of hydrazone groups is 1. The number of nitrogens with one attached hydrogen (secondary N) is 1. The number of carbonyl (C=O) groups excluding carboxylic acids is 1. The number of hydrogen-bond donors (Lipinski definition) is 2. The van der Waals surface area contributed by atoms with Crippen LogP contribution in [-0.4, -0.2) is 21.8 Å². The first-order valence-corrected chi connectivity index (χ1v) is 11.1. The SMILES string of the molecule is CCc1cccc(C)c1-n1c(C)cc(/C=N\NC(=O)c2cc(Br)c(O)c(Br)c2)c1C. The molecule has 0 aliphatic heterocycles. The van der Waals surface area contributed by atoms with Crippen LogP contribution in [-0.2, 0) is 6.42 Å². The summed E-state index contributed by atoms with van der Waals surface area (Å²) in [6.07, 6.45) is 2.61. The topological polar surface area (TPSA) is 66.6 Å². The summed E-state index contributed by atoms with van der Waals surface area (Å²) in [5.74, 6) is -0.321. The molecule has 0 saturated carbocycles. The molecule has 0 bridgehead atoms. The van der Waals surface area contributed by atoms with Gasteiger partial charge in [-0.15, -0.1) is 0 Å². The number of phenolic OH excluding ortho intramolecular Hbond substituents is 1. The fraction of sp³-hybridized carbons (Fsp3) is 0.217. The average Bonchev–Trinajstić information content (AvgIpc) is 2.98. The van der Waals surface area contributed by atoms with Gasteiger partial charge in [0.25, 0.3) is 5.91 Å². The Morgan fingerprint density at radius 2 is 1.83 bits per heavy atom. The van der Waals surface area contributed by atoms with E-state index in [1.807, 2.05) is 0 Å². The van der Waals surface area contributed by atoms with Gasteiger partial charge < -0.3 is 9.67 Å². The molecule has 2 aromatic carbocycles. The molecule has 30 heavy (non-hydrogen) atoms. The van der Waals surface area contributed by atoms with Crippen molar-refractivity contribution >= 4 is 44.0 Å². The second-order valence-electron chi connectivity index (χ2n) is 7.09. The molecule has 3 rings (SSSR count). The van der Waals surface area contributed by atoms with Crippen molar-refractivity contribution in [3.8, 4) is 11.4 Å². The van der Waals surface area contributed by atoms with Crippen molar-refractivity contribution in [3.63, 3.8) is 0 Å². The van der Waals surface area contributed by atoms with Crippen LogP contribution in [0.25, 0.3) is 5.69 Å². The van der Waals surface area contributed by atoms with Crippen LogP contribution in [0, 0.1) is 20.8 Å². The minimum atomic E-state index is -0.367. The normalized spacial score (nSPS) is 11.3. The molecule has 0 spiro atoms. The van der Waals surface area contributed by atoms with Crippen LogP contribution in [0.4, 0.5) is 0 Å². The number of phenols is 1. The van der Waals surface area contributed by atoms with Crippen molar-refractivity contribution < 1.29 is 9.90 Å². The largest absolute Gasteiger partial charge is 0.506 e. The Balaban J connectivity index is 1.86. The van der Waals surface area contributed by atoms with Crippen LogP contribution in [0.15, 0.2) is 50.4 Å². The highest BCUT2D eigenvalue weighted by Crippen LogP contribution is 2.33. The lowest BCUT2D eigenvalue weighted by atomic mass is 10.1. The van der Waals surface area contributed by atoms with Crippen LogP contribution in [0.2, 0.25) is 0 Å². The van der Waals surface area contributed by atoms with Gasteiger partial charge in [-0.3, -0.25) is 4.79 Å². The molecule has 0 saturated heterocycles. The van der Waals surface area contributed by atoms with Crippen LogP contribution >= 0.6 is 31.9 Å². The molecule has 1 amide bonds. The summed E-state index contributed by atoms with van der Waals surface area (Å²) in [5.41, 5.74) is 9.74. The van der Waals surface area contributed by atoms with E-state index >= 15 is 0 Å². The Hall–Kier alpha value is -2.38. The van der Waals surface area contributed by atoms with E-state index in [0.29, 0.717) is 14.5 Å². The Labute approximate surface area is 193 Å². The minimum absolute atomic E-state index is 0.0464. The van der Waals surface area contributed by atoms with Gasteiger partial charge in [0, 0.05) is 22.5 Å². The van der Waals surface area contributed by atoms with Gasteiger partial charge in [0.2, 0.25) is 0 Å². The molecule has 0 atom stereocenters. The number of aromatic nitrogens is 1. The lowest BCUT2D eigenvalue weighted by molar-refractivity contribution is 0.0955. The Bertz CT molecular complexity index is 1130. The molecule has 0 unspecified atom stereocenters. The number of amides is 1. The molecule has 7 heteroatoms. The van der Waals surface area contributed by atoms with Crippen LogP contribution in [0.5, 0.6) is 5.75 Å². The quantitative estimate of drug-likeness (QED) is 0.314. The lowest BCUT2D eigenvalue weighted by Crippen LogP contribution is -2.17. The third-order valence-electron chi connectivity index (χ3n) is 5.04. The number of aryl methyl sites for hydroxylation is 3. The molecule has 2 N–H and O–H groups in total. The predicted octanol–water partition coefficient (Wildman–Crippen LogP) is 5.96. The number of aromatic hydroxyl groups is 1. The molecule has 0 fully saturated rings. The third-order valence-corrected chi connectivity index (χ3v) is 6.25. The van der Waals surface area contributed by atoms with Crippen LogP contribution in [0.1, 0.15) is 45.4 Å². The van der Waals surface area contributed by atoms with Crippen molar-refractivity contribution in [2.75, 3.05) is 0 Å². The highest BCUT2D eigenvalue weighted by Gasteiger charge is 2.15. The molecule has 1 heterocycles. The zero-order valence-electron chi connectivity index (χ0n) is 17.3. The van der Waals surface area contributed by atoms with Crippen molar-refractivity contribution in [2.45, 2.75) is 34.1 Å². The van der Waals surface area contributed by atoms with Crippen molar-refractivity contribution in [1.82, 2.24) is 9.99 Å². The van der Waals surface area contributed by atoms with Gasteiger partial charge in [-0.2, -0.15) is 5.10 Å². The summed E-state index contributed by atoms with van der Waals surface area (Å²) < 4.78 is 3.10. The van der Waals surface area contributed by atoms with E-state index in [1.54, 1.807) is 18.3 Å². The Morgan fingerprint density at radius 1 is 1.17 bits per heavy atom. The van der Waals surface area contributed by atoms with Crippen molar-refractivity contribution in [2.24, 2.45) is 5.10 Å². The first-order chi connectivity index (χ1) is 14.2. The number of hydrogen-bond acceptors (Lipinski definition) is 3. The monoisotopic (exact) mass is 531 g/mol. The third kappa shape index (κ3) is 4.37. The minimum Gasteiger partial charge on any atom is -0.506 e. The zero-order valence-corrected chi connectivity index (χ0v) is 20.4. The summed E-state index contributed by atoms with van der Waals surface area (Å²) in [5, 5.41) is 13.9. The van der Waals surface area contributed by atoms with Crippen molar-refractivity contribution in [1.29, 1.82) is 0 Å². The molecule has 0 aliphatic carbocycles. The Morgan fingerprint density at radius 3 is 2.47 bits per heavy atom. The predicted molar refractivity (Wildman–Crippen MR) is 128 cm³/mol. The molecule has 156 valence electrons. The van der Waals surface area contributed by atoms with E-state index in [1.165, 1.54) is 16.8 Å². The maximum atomic E-state index is 12.4. The molecule has 0 aliphatic rings. The van der Waals surface area contributed by atoms with Gasteiger partial charge in [0.1, 0.15) is 5.75 Å². The van der Waals surface area contributed by atoms with Crippen LogP contribution in [0.3, 0.4) is 0 Å². The van der Waals surface area contributed by atoms with Gasteiger partial charge >= 0.3 is 0 Å². The highest BCUT2D eigenvalue weighted by atomic mass is 79.9. The first kappa shape index (κ1) is 22.3. The summed E-state index contributed by atoms with van der Waals surface area (Å²) in [4.78, 5) is 12.4. The number of halogens is 2. The summed E-state index contributed by atoms with van der Waals surface area (Å²) in [6.45, 7) is 8.40. The lowest BCUT2D eigenvalue weighted by Gasteiger charge is -2.17. The number of benzene rings is 2. The summed E-state index contributed by atoms with van der Waals surface area (Å²) in [6, 6.07) is 11.5. The first-order valence-electron chi connectivity index (χ1n) is 9.53. The van der Waals surface area contributed by atoms with Gasteiger partial charge in [0.05, 0.1) is 20.8 Å². The number of nitrogens with zero attached hydrogens (tertiary/aromatic N) is 2. The number of carbonyl (C=O) groups is 1. The molecular weight excluding hydrogens is 510 g/mol. The summed E-state index contributed by atoms with van der Waals surface area (Å²) in [7, 11) is 0. The van der Waals surface area contributed by atoms with Gasteiger partial charge in [-0.25, -0.2) is 5.43 Å². The smallest absolute Gasteiger partial charge is 0.271 e. The summed E-state index contributed by atoms with van der Waals surface area (Å²) >= 11 is 6.46. The van der Waals surface area contributed by atoms with E-state index in [-0.39, 0.29) is 11.7 Å². The zero-order chi connectivity index (χ0) is 22.0. The van der Waals surface area contributed by atoms with E-state index in [4.69, 9.17) is 0 Å². The molecule has 1 aromatic heterocycles. The number of para-hydroxylation sites is 1. The van der Waals surface area contributed by atoms with E-state index < -0.39 is 0 Å². The number of rotatable bonds is 5. The van der Waals surface area contributed by atoms with Crippen molar-refractivity contribution in [3.05, 3.63) is 79.0 Å². The van der Waals surface area contributed by atoms with Gasteiger partial charge in [-0.1, -0.05) is 25.1 Å². The van der Waals surface area contributed by atoms with E-state index in [9.17, 15) is 9.90 Å². The Kier molecular flexibility index (Phi) is 6.83. The van der Waals surface area contributed by atoms with E-state index in [2.05, 4.69) is 98.9 Å². The second kappa shape index (κ2) is 9.18. The standard InChI is InChI=1S/C23H23Br2N3O2/c1-5-16-8-6-7-13(2)21(16)28-14(3)9-18(15(28)4)12-26-27-23(30)17-10-19(24)22(29)20(25)11-17/h6-12,29H,5H2,1-4H3,(H,27,30)/b26-12-. The molecular formula is C23H23Br2N3O2. The van der Waals surface area contributed by atoms with Gasteiger partial charge in [-0.05, 0) is 88.4 Å². The maximum absolute atomic E-state index is 12.4. The fourth-order valence-electron chi connectivity index (χ4n) is 3.51. The van der Waals surface area contributed by atoms with Gasteiger partial charge in [0.15, 0.2) is 0 Å². The fourth-order valence-corrected chi connectivity index (χ4v) is 4.70. The maximum Gasteiger partial charge on any atom is 0.271 e. The average molecular weight is 533 g/mol. The van der Waals surface area contributed by atoms with E-state index in [0.717, 1.165) is 23.4 Å². The highest BCUT2D eigenvalue weighted by molar-refractivity contribution is 9.11.